The number of nitrogens with one attached hydrogen (secondary N) is 1. The third kappa shape index (κ3) is 4.05. The highest BCUT2D eigenvalue weighted by Gasteiger charge is 2.25. The molecule has 1 amide bonds. The Morgan fingerprint density at radius 1 is 1.58 bits per heavy atom. The SMILES string of the molecule is CN1CCN(CC(=O)NCc2ccco2)C(CN)C1. The number of hydrogen-bond acceptors (Lipinski definition) is 5. The van der Waals surface area contributed by atoms with Crippen LogP contribution in [0.1, 0.15) is 5.76 Å². The molecule has 0 bridgehead atoms. The molecule has 1 unspecified atom stereocenters. The fraction of sp³-hybridized carbons (Fsp3) is 0.615. The molecule has 1 aromatic rings. The van der Waals surface area contributed by atoms with Crippen LogP contribution in [0.15, 0.2) is 22.8 Å². The number of hydrogen-bond donors (Lipinski definition) is 2. The second kappa shape index (κ2) is 6.70. The molecule has 106 valence electrons. The largest absolute Gasteiger partial charge is 0.467 e. The third-order valence-electron chi connectivity index (χ3n) is 3.47. The Balaban J connectivity index is 1.77. The van der Waals surface area contributed by atoms with E-state index in [2.05, 4.69) is 22.2 Å². The van der Waals surface area contributed by atoms with E-state index in [0.29, 0.717) is 19.6 Å². The Hall–Kier alpha value is -1.37. The standard InChI is InChI=1S/C13H22N4O2/c1-16-4-5-17(11(7-14)9-16)10-13(18)15-8-12-3-2-6-19-12/h2-3,6,11H,4-5,7-10,14H2,1H3,(H,15,18). The molecule has 2 rings (SSSR count). The number of furan rings is 1. The van der Waals surface area contributed by atoms with Gasteiger partial charge < -0.3 is 20.4 Å². The smallest absolute Gasteiger partial charge is 0.234 e. The lowest BCUT2D eigenvalue weighted by molar-refractivity contribution is -0.123. The van der Waals surface area contributed by atoms with Crippen LogP contribution in [0.2, 0.25) is 0 Å². The number of nitrogens with two attached hydrogens (primary N) is 1. The van der Waals surface area contributed by atoms with Crippen LogP contribution < -0.4 is 11.1 Å². The molecular weight excluding hydrogens is 244 g/mol. The zero-order chi connectivity index (χ0) is 13.7. The second-order valence-electron chi connectivity index (χ2n) is 4.98. The average Bonchev–Trinajstić information content (AvgIpc) is 2.91. The molecule has 1 aliphatic heterocycles. The van der Waals surface area contributed by atoms with Crippen molar-refractivity contribution in [1.82, 2.24) is 15.1 Å². The van der Waals surface area contributed by atoms with E-state index in [-0.39, 0.29) is 11.9 Å². The third-order valence-corrected chi connectivity index (χ3v) is 3.47. The lowest BCUT2D eigenvalue weighted by atomic mass is 10.1. The van der Waals surface area contributed by atoms with Gasteiger partial charge in [-0.1, -0.05) is 0 Å². The molecule has 19 heavy (non-hydrogen) atoms. The molecule has 2 heterocycles. The summed E-state index contributed by atoms with van der Waals surface area (Å²) in [5.74, 6) is 0.779. The Bertz CT molecular complexity index is 393. The molecule has 6 heteroatoms. The van der Waals surface area contributed by atoms with Gasteiger partial charge in [0, 0.05) is 32.2 Å². The van der Waals surface area contributed by atoms with Crippen molar-refractivity contribution in [2.24, 2.45) is 5.73 Å². The Morgan fingerprint density at radius 2 is 2.42 bits per heavy atom. The molecule has 1 saturated heterocycles. The van der Waals surface area contributed by atoms with Gasteiger partial charge in [-0.15, -0.1) is 0 Å². The Morgan fingerprint density at radius 3 is 3.11 bits per heavy atom. The summed E-state index contributed by atoms with van der Waals surface area (Å²) in [6.45, 7) is 4.19. The number of nitrogens with zero attached hydrogens (tertiary/aromatic N) is 2. The summed E-state index contributed by atoms with van der Waals surface area (Å²) in [5, 5.41) is 2.86. The molecule has 1 aliphatic rings. The van der Waals surface area contributed by atoms with Crippen LogP contribution in [0.4, 0.5) is 0 Å². The zero-order valence-electron chi connectivity index (χ0n) is 11.3. The van der Waals surface area contributed by atoms with Gasteiger partial charge in [0.05, 0.1) is 19.4 Å². The molecule has 0 radical (unpaired) electrons. The summed E-state index contributed by atoms with van der Waals surface area (Å²) in [7, 11) is 2.08. The molecule has 0 spiro atoms. The monoisotopic (exact) mass is 266 g/mol. The minimum absolute atomic E-state index is 0.0133. The summed E-state index contributed by atoms with van der Waals surface area (Å²) >= 11 is 0. The molecule has 3 N–H and O–H groups in total. The van der Waals surface area contributed by atoms with E-state index in [1.807, 2.05) is 12.1 Å². The summed E-state index contributed by atoms with van der Waals surface area (Å²) in [6, 6.07) is 3.92. The number of amides is 1. The van der Waals surface area contributed by atoms with Gasteiger partial charge in [0.2, 0.25) is 5.91 Å². The van der Waals surface area contributed by atoms with Gasteiger partial charge in [-0.05, 0) is 19.2 Å². The van der Waals surface area contributed by atoms with E-state index >= 15 is 0 Å². The predicted molar refractivity (Wildman–Crippen MR) is 72.5 cm³/mol. The maximum Gasteiger partial charge on any atom is 0.234 e. The molecule has 1 atom stereocenters. The zero-order valence-corrected chi connectivity index (χ0v) is 11.3. The van der Waals surface area contributed by atoms with Gasteiger partial charge in [0.1, 0.15) is 5.76 Å². The topological polar surface area (TPSA) is 74.7 Å². The number of likely N-dealkylation sites (N-methyl/N-ethyl adjacent to an activating group) is 1. The van der Waals surface area contributed by atoms with Crippen molar-refractivity contribution in [3.63, 3.8) is 0 Å². The van der Waals surface area contributed by atoms with E-state index in [1.54, 1.807) is 6.26 Å². The quantitative estimate of drug-likeness (QED) is 0.749. The van der Waals surface area contributed by atoms with E-state index in [1.165, 1.54) is 0 Å². The first-order chi connectivity index (χ1) is 9.19. The molecule has 0 aromatic carbocycles. The molecule has 6 nitrogen and oxygen atoms in total. The van der Waals surface area contributed by atoms with Crippen molar-refractivity contribution >= 4 is 5.91 Å². The minimum atomic E-state index is 0.0133. The molecule has 1 aromatic heterocycles. The van der Waals surface area contributed by atoms with Gasteiger partial charge in [-0.3, -0.25) is 9.69 Å². The number of piperazine rings is 1. The van der Waals surface area contributed by atoms with Crippen LogP contribution in [-0.2, 0) is 11.3 Å². The number of carbonyl (C=O) groups is 1. The van der Waals surface area contributed by atoms with Crippen molar-refractivity contribution in [1.29, 1.82) is 0 Å². The van der Waals surface area contributed by atoms with Gasteiger partial charge in [-0.25, -0.2) is 0 Å². The maximum absolute atomic E-state index is 11.9. The van der Waals surface area contributed by atoms with Gasteiger partial charge in [0.25, 0.3) is 0 Å². The lowest BCUT2D eigenvalue weighted by Crippen LogP contribution is -2.56. The van der Waals surface area contributed by atoms with E-state index in [0.717, 1.165) is 25.4 Å². The Labute approximate surface area is 113 Å². The molecule has 0 saturated carbocycles. The van der Waals surface area contributed by atoms with Crippen LogP contribution in [0.3, 0.4) is 0 Å². The van der Waals surface area contributed by atoms with Crippen molar-refractivity contribution < 1.29 is 9.21 Å². The van der Waals surface area contributed by atoms with Crippen molar-refractivity contribution in [2.75, 3.05) is 39.8 Å². The van der Waals surface area contributed by atoms with E-state index < -0.39 is 0 Å². The van der Waals surface area contributed by atoms with Gasteiger partial charge in [-0.2, -0.15) is 0 Å². The fourth-order valence-corrected chi connectivity index (χ4v) is 2.32. The Kier molecular flexibility index (Phi) is 4.95. The molecule has 0 aliphatic carbocycles. The van der Waals surface area contributed by atoms with Crippen LogP contribution in [-0.4, -0.2) is 61.5 Å². The highest BCUT2D eigenvalue weighted by atomic mass is 16.3. The predicted octanol–water partition coefficient (Wildman–Crippen LogP) is -0.529. The molecular formula is C13H22N4O2. The first kappa shape index (κ1) is 14.0. The first-order valence-corrected chi connectivity index (χ1v) is 6.61. The van der Waals surface area contributed by atoms with Crippen LogP contribution in [0.25, 0.3) is 0 Å². The minimum Gasteiger partial charge on any atom is -0.467 e. The van der Waals surface area contributed by atoms with Crippen LogP contribution in [0, 0.1) is 0 Å². The summed E-state index contributed by atoms with van der Waals surface area (Å²) in [5.41, 5.74) is 5.77. The molecule has 1 fully saturated rings. The van der Waals surface area contributed by atoms with E-state index in [4.69, 9.17) is 10.2 Å². The summed E-state index contributed by atoms with van der Waals surface area (Å²) in [4.78, 5) is 16.3. The van der Waals surface area contributed by atoms with Crippen LogP contribution >= 0.6 is 0 Å². The lowest BCUT2D eigenvalue weighted by Gasteiger charge is -2.39. The number of rotatable bonds is 5. The van der Waals surface area contributed by atoms with Crippen molar-refractivity contribution in [3.8, 4) is 0 Å². The second-order valence-corrected chi connectivity index (χ2v) is 4.98. The van der Waals surface area contributed by atoms with E-state index in [9.17, 15) is 4.79 Å². The van der Waals surface area contributed by atoms with Crippen LogP contribution in [0.5, 0.6) is 0 Å². The fourth-order valence-electron chi connectivity index (χ4n) is 2.32. The first-order valence-electron chi connectivity index (χ1n) is 6.61. The summed E-state index contributed by atoms with van der Waals surface area (Å²) in [6.07, 6.45) is 1.60. The van der Waals surface area contributed by atoms with Gasteiger partial charge in [0.15, 0.2) is 0 Å². The average molecular weight is 266 g/mol. The van der Waals surface area contributed by atoms with Crippen molar-refractivity contribution in [3.05, 3.63) is 24.2 Å². The summed E-state index contributed by atoms with van der Waals surface area (Å²) < 4.78 is 5.18. The maximum atomic E-state index is 11.9. The highest BCUT2D eigenvalue weighted by Crippen LogP contribution is 2.07. The van der Waals surface area contributed by atoms with Gasteiger partial charge >= 0.3 is 0 Å². The van der Waals surface area contributed by atoms with Crippen molar-refractivity contribution in [2.45, 2.75) is 12.6 Å². The number of carbonyl (C=O) groups excluding carboxylic acids is 1. The normalized spacial score (nSPS) is 21.5. The highest BCUT2D eigenvalue weighted by molar-refractivity contribution is 5.78.